The van der Waals surface area contributed by atoms with Gasteiger partial charge in [0.1, 0.15) is 12.2 Å². The van der Waals surface area contributed by atoms with Gasteiger partial charge in [-0.2, -0.15) is 0 Å². The molecular weight excluding hydrogens is 372 g/mol. The lowest BCUT2D eigenvalue weighted by molar-refractivity contribution is -0.130. The third kappa shape index (κ3) is 3.26. The largest absolute Gasteiger partial charge is 0.352 e. The number of fused-ring (bicyclic) bond motifs is 3. The van der Waals surface area contributed by atoms with Crippen molar-refractivity contribution in [1.29, 1.82) is 0 Å². The molecule has 1 aromatic rings. The summed E-state index contributed by atoms with van der Waals surface area (Å²) >= 11 is 0. The summed E-state index contributed by atoms with van der Waals surface area (Å²) in [5.41, 5.74) is 0.233. The summed E-state index contributed by atoms with van der Waals surface area (Å²) in [4.78, 5) is 55.0. The summed E-state index contributed by atoms with van der Waals surface area (Å²) in [6.07, 6.45) is 2.24. The molecule has 0 radical (unpaired) electrons. The van der Waals surface area contributed by atoms with Crippen molar-refractivity contribution >= 4 is 29.3 Å². The fraction of sp³-hybridized carbons (Fsp3) is 0.524. The van der Waals surface area contributed by atoms with Gasteiger partial charge in [-0.3, -0.25) is 24.1 Å². The first-order valence-corrected chi connectivity index (χ1v) is 10.1. The summed E-state index contributed by atoms with van der Waals surface area (Å²) in [5.74, 6) is -0.448. The maximum atomic E-state index is 13.2. The highest BCUT2D eigenvalue weighted by Crippen LogP contribution is 2.43. The second-order valence-corrected chi connectivity index (χ2v) is 8.20. The Balaban J connectivity index is 1.50. The first-order chi connectivity index (χ1) is 13.8. The molecule has 0 aromatic heterocycles. The molecule has 0 saturated carbocycles. The van der Waals surface area contributed by atoms with Gasteiger partial charge in [0.25, 0.3) is 5.91 Å². The molecule has 0 bridgehead atoms. The van der Waals surface area contributed by atoms with Gasteiger partial charge in [0.15, 0.2) is 0 Å². The average Bonchev–Trinajstić information content (AvgIpc) is 3.01. The summed E-state index contributed by atoms with van der Waals surface area (Å²) in [7, 11) is 0. The van der Waals surface area contributed by atoms with Crippen molar-refractivity contribution < 1.29 is 19.2 Å². The smallest absolute Gasteiger partial charge is 0.258 e. The van der Waals surface area contributed by atoms with Gasteiger partial charge in [-0.1, -0.05) is 12.1 Å². The minimum absolute atomic E-state index is 0.0144. The first-order valence-electron chi connectivity index (χ1n) is 10.1. The van der Waals surface area contributed by atoms with Gasteiger partial charge in [-0.15, -0.1) is 0 Å². The number of rotatable bonds is 3. The van der Waals surface area contributed by atoms with Gasteiger partial charge in [-0.25, -0.2) is 0 Å². The second-order valence-electron chi connectivity index (χ2n) is 8.20. The number of anilines is 1. The van der Waals surface area contributed by atoms with Crippen LogP contribution in [0.25, 0.3) is 0 Å². The molecule has 4 rings (SSSR count). The SMILES string of the molecule is CC(=O)N1CCC(NC(=O)CN2C(=O)c3ccccc3N3C(=O)CCC23C)CC1. The number of nitrogens with zero attached hydrogens (tertiary/aromatic N) is 3. The predicted molar refractivity (Wildman–Crippen MR) is 106 cm³/mol. The van der Waals surface area contributed by atoms with Crippen LogP contribution in [0.1, 0.15) is 49.9 Å². The number of para-hydroxylation sites is 1. The summed E-state index contributed by atoms with van der Waals surface area (Å²) in [6, 6.07) is 7.05. The highest BCUT2D eigenvalue weighted by Gasteiger charge is 2.53. The average molecular weight is 398 g/mol. The van der Waals surface area contributed by atoms with Crippen molar-refractivity contribution in [2.24, 2.45) is 0 Å². The number of likely N-dealkylation sites (tertiary alicyclic amines) is 1. The third-order valence-corrected chi connectivity index (χ3v) is 6.35. The number of amides is 4. The number of hydrogen-bond acceptors (Lipinski definition) is 4. The normalized spacial score (nSPS) is 24.4. The molecule has 154 valence electrons. The molecule has 2 saturated heterocycles. The number of carbonyl (C=O) groups is 4. The van der Waals surface area contributed by atoms with Crippen LogP contribution in [0.15, 0.2) is 24.3 Å². The summed E-state index contributed by atoms with van der Waals surface area (Å²) < 4.78 is 0. The van der Waals surface area contributed by atoms with E-state index in [1.165, 1.54) is 4.90 Å². The number of hydrogen-bond donors (Lipinski definition) is 1. The van der Waals surface area contributed by atoms with E-state index in [9.17, 15) is 19.2 Å². The van der Waals surface area contributed by atoms with Crippen LogP contribution in [0.5, 0.6) is 0 Å². The van der Waals surface area contributed by atoms with Gasteiger partial charge < -0.3 is 15.1 Å². The van der Waals surface area contributed by atoms with Gasteiger partial charge >= 0.3 is 0 Å². The van der Waals surface area contributed by atoms with Crippen molar-refractivity contribution in [3.63, 3.8) is 0 Å². The summed E-state index contributed by atoms with van der Waals surface area (Å²) in [6.45, 7) is 4.55. The van der Waals surface area contributed by atoms with Crippen LogP contribution >= 0.6 is 0 Å². The van der Waals surface area contributed by atoms with Crippen LogP contribution in [0.3, 0.4) is 0 Å². The second kappa shape index (κ2) is 7.17. The molecule has 3 aliphatic heterocycles. The Labute approximate surface area is 169 Å². The van der Waals surface area contributed by atoms with Crippen LogP contribution < -0.4 is 10.2 Å². The predicted octanol–water partition coefficient (Wildman–Crippen LogP) is 1.11. The van der Waals surface area contributed by atoms with Crippen LogP contribution in [0.4, 0.5) is 5.69 Å². The number of nitrogens with one attached hydrogen (secondary N) is 1. The zero-order valence-electron chi connectivity index (χ0n) is 16.8. The van der Waals surface area contributed by atoms with Crippen molar-refractivity contribution in [3.8, 4) is 0 Å². The van der Waals surface area contributed by atoms with E-state index >= 15 is 0 Å². The Bertz CT molecular complexity index is 877. The van der Waals surface area contributed by atoms with E-state index in [4.69, 9.17) is 0 Å². The van der Waals surface area contributed by atoms with Gasteiger partial charge in [0.05, 0.1) is 11.3 Å². The molecule has 0 aliphatic carbocycles. The number of benzene rings is 1. The third-order valence-electron chi connectivity index (χ3n) is 6.35. The van der Waals surface area contributed by atoms with E-state index in [0.717, 1.165) is 0 Å². The van der Waals surface area contributed by atoms with Crippen molar-refractivity contribution in [2.45, 2.75) is 51.2 Å². The van der Waals surface area contributed by atoms with Crippen molar-refractivity contribution in [1.82, 2.24) is 15.1 Å². The number of carbonyl (C=O) groups excluding carboxylic acids is 4. The highest BCUT2D eigenvalue weighted by atomic mass is 16.2. The molecule has 8 nitrogen and oxygen atoms in total. The van der Waals surface area contributed by atoms with Gasteiger partial charge in [0.2, 0.25) is 17.7 Å². The fourth-order valence-electron chi connectivity index (χ4n) is 4.70. The Kier molecular flexibility index (Phi) is 4.80. The van der Waals surface area contributed by atoms with E-state index < -0.39 is 5.66 Å². The first kappa shape index (κ1) is 19.4. The Morgan fingerprint density at radius 3 is 2.55 bits per heavy atom. The maximum absolute atomic E-state index is 13.2. The molecule has 2 fully saturated rings. The van der Waals surface area contributed by atoms with E-state index in [2.05, 4.69) is 5.32 Å². The molecule has 29 heavy (non-hydrogen) atoms. The molecule has 8 heteroatoms. The zero-order chi connectivity index (χ0) is 20.8. The summed E-state index contributed by atoms with van der Waals surface area (Å²) in [5, 5.41) is 3.00. The van der Waals surface area contributed by atoms with Crippen LogP contribution in [0.2, 0.25) is 0 Å². The maximum Gasteiger partial charge on any atom is 0.258 e. The van der Waals surface area contributed by atoms with Crippen LogP contribution in [0, 0.1) is 0 Å². The standard InChI is InChI=1S/C21H26N4O4/c1-14(26)23-11-8-15(9-12-23)22-18(27)13-24-20(29)16-5-3-4-6-17(16)25-19(28)7-10-21(24,25)2/h3-6,15H,7-13H2,1-2H3,(H,22,27). The topological polar surface area (TPSA) is 90.0 Å². The molecule has 1 atom stereocenters. The molecule has 1 aromatic carbocycles. The van der Waals surface area contributed by atoms with Gasteiger partial charge in [0, 0.05) is 32.5 Å². The number of piperidine rings is 1. The minimum Gasteiger partial charge on any atom is -0.352 e. The van der Waals surface area contributed by atoms with E-state index in [1.807, 2.05) is 13.0 Å². The molecular formula is C21H26N4O4. The van der Waals surface area contributed by atoms with Crippen LogP contribution in [-0.4, -0.2) is 64.8 Å². The molecule has 0 spiro atoms. The minimum atomic E-state index is -0.835. The van der Waals surface area contributed by atoms with Crippen LogP contribution in [-0.2, 0) is 14.4 Å². The molecule has 4 amide bonds. The Morgan fingerprint density at radius 2 is 1.86 bits per heavy atom. The van der Waals surface area contributed by atoms with Crippen molar-refractivity contribution in [2.75, 3.05) is 24.5 Å². The quantitative estimate of drug-likeness (QED) is 0.826. The molecule has 3 heterocycles. The molecule has 3 aliphatic rings. The lowest BCUT2D eigenvalue weighted by Gasteiger charge is -2.48. The Morgan fingerprint density at radius 1 is 1.17 bits per heavy atom. The fourth-order valence-corrected chi connectivity index (χ4v) is 4.70. The highest BCUT2D eigenvalue weighted by molar-refractivity contribution is 6.11. The lowest BCUT2D eigenvalue weighted by atomic mass is 9.98. The van der Waals surface area contributed by atoms with E-state index in [-0.39, 0.29) is 36.2 Å². The van der Waals surface area contributed by atoms with Gasteiger partial charge in [-0.05, 0) is 38.3 Å². The van der Waals surface area contributed by atoms with E-state index in [0.29, 0.717) is 50.0 Å². The van der Waals surface area contributed by atoms with Crippen molar-refractivity contribution in [3.05, 3.63) is 29.8 Å². The zero-order valence-corrected chi connectivity index (χ0v) is 16.8. The molecule has 1 N–H and O–H groups in total. The van der Waals surface area contributed by atoms with E-state index in [1.54, 1.807) is 34.9 Å². The monoisotopic (exact) mass is 398 g/mol. The Hall–Kier alpha value is -2.90. The lowest BCUT2D eigenvalue weighted by Crippen LogP contribution is -2.64. The molecule has 1 unspecified atom stereocenters.